The van der Waals surface area contributed by atoms with Crippen LogP contribution in [0.3, 0.4) is 0 Å². The number of fused-ring (bicyclic) bond motifs is 2. The fourth-order valence-corrected chi connectivity index (χ4v) is 8.22. The first-order valence-corrected chi connectivity index (χ1v) is 20.4. The Labute approximate surface area is 350 Å². The van der Waals surface area contributed by atoms with Crippen molar-refractivity contribution in [1.29, 1.82) is 0 Å². The van der Waals surface area contributed by atoms with E-state index in [4.69, 9.17) is 4.52 Å². The second-order valence-corrected chi connectivity index (χ2v) is 17.0. The van der Waals surface area contributed by atoms with Gasteiger partial charge in [0, 0.05) is 66.8 Å². The number of urea groups is 1. The number of imide groups is 1. The van der Waals surface area contributed by atoms with E-state index in [2.05, 4.69) is 53.0 Å². The van der Waals surface area contributed by atoms with Gasteiger partial charge in [0.1, 0.15) is 12.1 Å². The van der Waals surface area contributed by atoms with Crippen LogP contribution in [-0.2, 0) is 30.3 Å². The molecule has 2 aliphatic rings. The molecule has 312 valence electrons. The summed E-state index contributed by atoms with van der Waals surface area (Å²) >= 11 is 0. The van der Waals surface area contributed by atoms with Gasteiger partial charge in [-0.2, -0.15) is 15.2 Å². The normalized spacial score (nSPS) is 15.5. The lowest BCUT2D eigenvalue weighted by Crippen LogP contribution is -2.49. The van der Waals surface area contributed by atoms with Crippen LogP contribution in [0.1, 0.15) is 84.7 Å². The van der Waals surface area contributed by atoms with Crippen LogP contribution in [0.25, 0.3) is 38.8 Å². The van der Waals surface area contributed by atoms with Crippen molar-refractivity contribution in [1.82, 2.24) is 50.1 Å². The lowest BCUT2D eigenvalue weighted by Gasteiger charge is -2.32. The molecule has 0 unspecified atom stereocenters. The molecule has 4 aromatic heterocycles. The van der Waals surface area contributed by atoms with E-state index in [9.17, 15) is 14.4 Å². The van der Waals surface area contributed by atoms with Crippen LogP contribution in [-0.4, -0.2) is 76.9 Å². The number of halogens is 1. The summed E-state index contributed by atoms with van der Waals surface area (Å²) in [5, 5.41) is 19.0. The summed E-state index contributed by atoms with van der Waals surface area (Å²) in [5.74, 6) is 0.360. The van der Waals surface area contributed by atoms with Crippen LogP contribution in [0.15, 0.2) is 77.7 Å². The summed E-state index contributed by atoms with van der Waals surface area (Å²) in [6.07, 6.45) is 5.51. The lowest BCUT2D eigenvalue weighted by atomic mass is 9.88. The number of likely N-dealkylation sites (tertiary alicyclic amines) is 1. The van der Waals surface area contributed by atoms with Crippen LogP contribution in [0.5, 0.6) is 0 Å². The first-order valence-electron chi connectivity index (χ1n) is 20.4. The zero-order chi connectivity index (χ0) is 42.6. The maximum absolute atomic E-state index is 15.8. The fraction of sp³-hybridized carbons (Fsp3) is 0.333. The second-order valence-electron chi connectivity index (χ2n) is 17.0. The van der Waals surface area contributed by atoms with E-state index in [-0.39, 0.29) is 29.4 Å². The number of aromatic nitrogens is 7. The zero-order valence-corrected chi connectivity index (χ0v) is 34.7. The Morgan fingerprint density at radius 1 is 0.951 bits per heavy atom. The molecule has 61 heavy (non-hydrogen) atoms. The molecule has 0 spiro atoms. The molecule has 9 rings (SSSR count). The molecule has 0 atom stereocenters. The summed E-state index contributed by atoms with van der Waals surface area (Å²) in [6, 6.07) is 19.2. The van der Waals surface area contributed by atoms with E-state index >= 15 is 4.39 Å². The van der Waals surface area contributed by atoms with E-state index in [1.807, 2.05) is 83.4 Å². The van der Waals surface area contributed by atoms with Crippen molar-refractivity contribution in [2.45, 2.75) is 71.4 Å². The van der Waals surface area contributed by atoms with Gasteiger partial charge < -0.3 is 9.84 Å². The highest BCUT2D eigenvalue weighted by molar-refractivity contribution is 6.08. The second kappa shape index (κ2) is 15.7. The summed E-state index contributed by atoms with van der Waals surface area (Å²) in [5.41, 5.74) is 8.32. The highest BCUT2D eigenvalue weighted by Crippen LogP contribution is 2.35. The van der Waals surface area contributed by atoms with Gasteiger partial charge in [-0.1, -0.05) is 56.3 Å². The summed E-state index contributed by atoms with van der Waals surface area (Å²) in [7, 11) is 1.87. The summed E-state index contributed by atoms with van der Waals surface area (Å²) in [4.78, 5) is 49.6. The smallest absolute Gasteiger partial charge is 0.329 e. The lowest BCUT2D eigenvalue weighted by molar-refractivity contribution is -0.120. The van der Waals surface area contributed by atoms with Gasteiger partial charge >= 0.3 is 6.03 Å². The highest BCUT2D eigenvalue weighted by Gasteiger charge is 2.29. The predicted octanol–water partition coefficient (Wildman–Crippen LogP) is 6.83. The average Bonchev–Trinajstić information content (AvgIpc) is 3.99. The average molecular weight is 824 g/mol. The fourth-order valence-electron chi connectivity index (χ4n) is 8.22. The largest absolute Gasteiger partial charge is 0.345 e. The number of nitrogens with zero attached hydrogens (tertiary/aromatic N) is 9. The van der Waals surface area contributed by atoms with Crippen molar-refractivity contribution in [3.8, 4) is 22.4 Å². The van der Waals surface area contributed by atoms with E-state index < -0.39 is 11.9 Å². The topological polar surface area (TPSA) is 169 Å². The molecular formula is C45H46FN11O4. The molecule has 2 N–H and O–H groups in total. The van der Waals surface area contributed by atoms with Gasteiger partial charge in [-0.25, -0.2) is 18.7 Å². The minimum atomic E-state index is -0.448. The molecule has 0 saturated carbocycles. The number of benzene rings is 3. The van der Waals surface area contributed by atoms with Crippen LogP contribution in [0.2, 0.25) is 0 Å². The Morgan fingerprint density at radius 2 is 1.74 bits per heavy atom. The first kappa shape index (κ1) is 39.6. The molecule has 3 aromatic carbocycles. The number of hydrogen-bond acceptors (Lipinski definition) is 10. The van der Waals surface area contributed by atoms with Gasteiger partial charge in [-0.05, 0) is 91.4 Å². The Morgan fingerprint density at radius 3 is 2.48 bits per heavy atom. The molecule has 0 bridgehead atoms. The summed E-state index contributed by atoms with van der Waals surface area (Å²) < 4.78 is 24.6. The third-order valence-corrected chi connectivity index (χ3v) is 11.7. The molecule has 2 fully saturated rings. The molecule has 0 radical (unpaired) electrons. The number of hydrogen-bond donors (Lipinski definition) is 2. The van der Waals surface area contributed by atoms with Gasteiger partial charge in [0.05, 0.1) is 16.7 Å². The van der Waals surface area contributed by atoms with Crippen LogP contribution < -0.4 is 15.5 Å². The maximum atomic E-state index is 15.8. The van der Waals surface area contributed by atoms with E-state index in [1.54, 1.807) is 15.3 Å². The highest BCUT2D eigenvalue weighted by atomic mass is 19.1. The van der Waals surface area contributed by atoms with E-state index in [1.165, 1.54) is 16.8 Å². The van der Waals surface area contributed by atoms with Gasteiger partial charge in [-0.3, -0.25) is 29.4 Å². The van der Waals surface area contributed by atoms with Gasteiger partial charge in [0.25, 0.3) is 11.7 Å². The molecule has 4 amide bonds. The molecule has 2 saturated heterocycles. The number of amides is 4. The van der Waals surface area contributed by atoms with Crippen molar-refractivity contribution in [2.24, 2.45) is 7.05 Å². The predicted molar refractivity (Wildman–Crippen MR) is 226 cm³/mol. The molecule has 16 heteroatoms. The standard InChI is InChI=1S/C45H46FN11O4/c1-26-18-30(7-8-31(26)22-47-42(59)40-51-43(61-53-40)45(2,3)4)39-37-21-33(24-57(37)49-25-48-39)28-6-9-32(35(46)19-28)23-55-15-12-27(13-16-55)29-10-11-34-36(20-29)54(5)52-41(34)56-17-14-38(58)50-44(56)60/h6-11,18-21,24-25,27H,12-17,22-23H2,1-5H3,(H,47,59)(H,50,58,60). The van der Waals surface area contributed by atoms with Gasteiger partial charge in [0.2, 0.25) is 11.8 Å². The molecule has 6 heterocycles. The van der Waals surface area contributed by atoms with Crippen LogP contribution in [0, 0.1) is 12.7 Å². The number of anilines is 1. The number of carbonyl (C=O) groups excluding carboxylic acids is 3. The van der Waals surface area contributed by atoms with Crippen LogP contribution in [0.4, 0.5) is 15.0 Å². The maximum Gasteiger partial charge on any atom is 0.329 e. The van der Waals surface area contributed by atoms with Gasteiger partial charge in [0.15, 0.2) is 5.82 Å². The Balaban J connectivity index is 0.836. The third kappa shape index (κ3) is 7.86. The number of carbonyl (C=O) groups is 3. The quantitative estimate of drug-likeness (QED) is 0.157. The van der Waals surface area contributed by atoms with Gasteiger partial charge in [-0.15, -0.1) is 0 Å². The molecular weight excluding hydrogens is 778 g/mol. The number of nitrogens with one attached hydrogen (secondary N) is 2. The SMILES string of the molecule is Cc1cc(-c2ncnn3cc(-c4ccc(CN5CCC(c6ccc7c(N8CCC(=O)NC8=O)nn(C)c7c6)CC5)c(F)c4)cc23)ccc1CNC(=O)c1noc(C(C)(C)C)n1. The Kier molecular flexibility index (Phi) is 10.2. The molecule has 2 aliphatic heterocycles. The minimum absolute atomic E-state index is 0.000598. The van der Waals surface area contributed by atoms with Crippen molar-refractivity contribution in [3.63, 3.8) is 0 Å². The third-order valence-electron chi connectivity index (χ3n) is 11.7. The van der Waals surface area contributed by atoms with Crippen molar-refractivity contribution in [2.75, 3.05) is 24.5 Å². The number of rotatable bonds is 9. The van der Waals surface area contributed by atoms with E-state index in [0.717, 1.165) is 75.9 Å². The summed E-state index contributed by atoms with van der Waals surface area (Å²) in [6.45, 7) is 10.6. The Bertz CT molecular complexity index is 2850. The van der Waals surface area contributed by atoms with E-state index in [0.29, 0.717) is 42.8 Å². The number of aryl methyl sites for hydroxylation is 2. The van der Waals surface area contributed by atoms with Crippen molar-refractivity contribution >= 4 is 40.1 Å². The number of piperidine rings is 1. The first-order chi connectivity index (χ1) is 29.3. The van der Waals surface area contributed by atoms with Crippen LogP contribution >= 0.6 is 0 Å². The zero-order valence-electron chi connectivity index (χ0n) is 34.7. The van der Waals surface area contributed by atoms with Crippen molar-refractivity contribution in [3.05, 3.63) is 113 Å². The van der Waals surface area contributed by atoms with Crippen molar-refractivity contribution < 1.29 is 23.3 Å². The molecule has 15 nitrogen and oxygen atoms in total. The molecule has 7 aromatic rings. The monoisotopic (exact) mass is 823 g/mol. The molecule has 0 aliphatic carbocycles. The minimum Gasteiger partial charge on any atom is -0.345 e. The Hall–Kier alpha value is -6.81.